The molecule has 0 atom stereocenters. The molecule has 1 amide bonds. The van der Waals surface area contributed by atoms with Gasteiger partial charge in [0.2, 0.25) is 0 Å². The number of amides is 1. The predicted molar refractivity (Wildman–Crippen MR) is 64.1 cm³/mol. The van der Waals surface area contributed by atoms with E-state index in [-0.39, 0.29) is 23.4 Å². The van der Waals surface area contributed by atoms with Crippen LogP contribution in [0.25, 0.3) is 11.3 Å². The van der Waals surface area contributed by atoms with Crippen molar-refractivity contribution in [3.63, 3.8) is 0 Å². The molecule has 1 aromatic heterocycles. The Labute approximate surface area is 103 Å². The number of nitrogens with zero attached hydrogens (tertiary/aromatic N) is 1. The molecule has 1 aliphatic rings. The van der Waals surface area contributed by atoms with E-state index < -0.39 is 0 Å². The molecule has 0 unspecified atom stereocenters. The fraction of sp³-hybridized carbons (Fsp3) is 0.231. The quantitative estimate of drug-likeness (QED) is 0.865. The second kappa shape index (κ2) is 4.18. The fourth-order valence-corrected chi connectivity index (χ4v) is 1.68. The Bertz CT molecular complexity index is 587. The molecule has 0 saturated heterocycles. The van der Waals surface area contributed by atoms with Gasteiger partial charge in [0.15, 0.2) is 11.5 Å². The van der Waals surface area contributed by atoms with Crippen molar-refractivity contribution in [1.29, 1.82) is 0 Å². The Morgan fingerprint density at radius 2 is 2.17 bits per heavy atom. The second-order valence-electron chi connectivity index (χ2n) is 4.34. The van der Waals surface area contributed by atoms with Crippen molar-refractivity contribution in [2.24, 2.45) is 0 Å². The summed E-state index contributed by atoms with van der Waals surface area (Å²) >= 11 is 0. The lowest BCUT2D eigenvalue weighted by molar-refractivity contribution is 0.0942. The number of aromatic nitrogens is 1. The molecule has 2 N–H and O–H groups in total. The zero-order valence-corrected chi connectivity index (χ0v) is 9.59. The molecule has 5 heteroatoms. The Morgan fingerprint density at radius 3 is 2.89 bits per heavy atom. The zero-order chi connectivity index (χ0) is 12.5. The summed E-state index contributed by atoms with van der Waals surface area (Å²) in [6.07, 6.45) is 2.05. The monoisotopic (exact) mass is 244 g/mol. The molecule has 0 spiro atoms. The van der Waals surface area contributed by atoms with E-state index in [1.165, 1.54) is 6.07 Å². The Balaban J connectivity index is 1.84. The Morgan fingerprint density at radius 1 is 1.39 bits per heavy atom. The number of hydrogen-bond acceptors (Lipinski definition) is 4. The summed E-state index contributed by atoms with van der Waals surface area (Å²) in [5.41, 5.74) is 0.760. The van der Waals surface area contributed by atoms with Crippen molar-refractivity contribution >= 4 is 5.91 Å². The van der Waals surface area contributed by atoms with Crippen LogP contribution in [0.3, 0.4) is 0 Å². The van der Waals surface area contributed by atoms with Gasteiger partial charge in [0.05, 0.1) is 5.56 Å². The van der Waals surface area contributed by atoms with Gasteiger partial charge in [0.1, 0.15) is 5.75 Å². The van der Waals surface area contributed by atoms with Gasteiger partial charge in [0.25, 0.3) is 5.91 Å². The summed E-state index contributed by atoms with van der Waals surface area (Å²) in [4.78, 5) is 11.7. The van der Waals surface area contributed by atoms with Crippen molar-refractivity contribution in [2.75, 3.05) is 0 Å². The summed E-state index contributed by atoms with van der Waals surface area (Å²) < 4.78 is 5.08. The molecule has 0 bridgehead atoms. The van der Waals surface area contributed by atoms with Gasteiger partial charge in [-0.05, 0) is 25.0 Å². The first kappa shape index (κ1) is 10.8. The Kier molecular flexibility index (Phi) is 2.51. The minimum atomic E-state index is -0.233. The van der Waals surface area contributed by atoms with Crippen LogP contribution in [0.2, 0.25) is 0 Å². The lowest BCUT2D eigenvalue weighted by atomic mass is 10.1. The first-order valence-corrected chi connectivity index (χ1v) is 5.80. The molecule has 92 valence electrons. The SMILES string of the molecule is O=C(NC1CC1)c1cc(-c2ccccc2O)on1. The van der Waals surface area contributed by atoms with Gasteiger partial charge in [0, 0.05) is 12.1 Å². The van der Waals surface area contributed by atoms with Gasteiger partial charge >= 0.3 is 0 Å². The molecule has 1 saturated carbocycles. The number of rotatable bonds is 3. The standard InChI is InChI=1S/C13H12N2O3/c16-11-4-2-1-3-9(11)12-7-10(15-18-12)13(17)14-8-5-6-8/h1-4,7-8,16H,5-6H2,(H,14,17). The average Bonchev–Trinajstić information content (AvgIpc) is 3.04. The van der Waals surface area contributed by atoms with E-state index in [1.807, 2.05) is 0 Å². The summed E-state index contributed by atoms with van der Waals surface area (Å²) in [5.74, 6) is 0.250. The van der Waals surface area contributed by atoms with E-state index in [0.717, 1.165) is 12.8 Å². The highest BCUT2D eigenvalue weighted by Gasteiger charge is 2.25. The first-order chi connectivity index (χ1) is 8.74. The molecule has 3 rings (SSSR count). The third-order valence-electron chi connectivity index (χ3n) is 2.82. The number of phenolic OH excluding ortho intramolecular Hbond substituents is 1. The normalized spacial score (nSPS) is 14.4. The molecule has 1 aliphatic carbocycles. The van der Waals surface area contributed by atoms with Gasteiger partial charge in [-0.1, -0.05) is 17.3 Å². The average molecular weight is 244 g/mol. The van der Waals surface area contributed by atoms with Crippen LogP contribution in [0.1, 0.15) is 23.3 Å². The molecule has 18 heavy (non-hydrogen) atoms. The molecule has 2 aromatic rings. The number of carbonyl (C=O) groups excluding carboxylic acids is 1. The van der Waals surface area contributed by atoms with Crippen LogP contribution in [-0.2, 0) is 0 Å². The maximum Gasteiger partial charge on any atom is 0.273 e. The van der Waals surface area contributed by atoms with Gasteiger partial charge in [-0.3, -0.25) is 4.79 Å². The molecule has 1 aromatic carbocycles. The van der Waals surface area contributed by atoms with Crippen LogP contribution in [-0.4, -0.2) is 22.2 Å². The van der Waals surface area contributed by atoms with Crippen LogP contribution >= 0.6 is 0 Å². The van der Waals surface area contributed by atoms with Gasteiger partial charge < -0.3 is 14.9 Å². The van der Waals surface area contributed by atoms with Crippen molar-refractivity contribution in [3.05, 3.63) is 36.0 Å². The van der Waals surface area contributed by atoms with E-state index in [4.69, 9.17) is 4.52 Å². The van der Waals surface area contributed by atoms with Crippen LogP contribution in [0.4, 0.5) is 0 Å². The number of aromatic hydroxyl groups is 1. The Hall–Kier alpha value is -2.30. The van der Waals surface area contributed by atoms with Crippen LogP contribution < -0.4 is 5.32 Å². The van der Waals surface area contributed by atoms with Crippen LogP contribution in [0, 0.1) is 0 Å². The van der Waals surface area contributed by atoms with Gasteiger partial charge in [-0.15, -0.1) is 0 Å². The van der Waals surface area contributed by atoms with Crippen molar-refractivity contribution in [1.82, 2.24) is 10.5 Å². The van der Waals surface area contributed by atoms with Crippen molar-refractivity contribution in [3.8, 4) is 17.1 Å². The van der Waals surface area contributed by atoms with E-state index in [0.29, 0.717) is 11.3 Å². The van der Waals surface area contributed by atoms with Gasteiger partial charge in [-0.2, -0.15) is 0 Å². The second-order valence-corrected chi connectivity index (χ2v) is 4.34. The van der Waals surface area contributed by atoms with Crippen molar-refractivity contribution in [2.45, 2.75) is 18.9 Å². The topological polar surface area (TPSA) is 75.4 Å². The zero-order valence-electron chi connectivity index (χ0n) is 9.59. The highest BCUT2D eigenvalue weighted by molar-refractivity contribution is 5.93. The predicted octanol–water partition coefficient (Wildman–Crippen LogP) is 1.94. The third kappa shape index (κ3) is 2.07. The van der Waals surface area contributed by atoms with E-state index in [1.54, 1.807) is 24.3 Å². The third-order valence-corrected chi connectivity index (χ3v) is 2.82. The molecule has 0 radical (unpaired) electrons. The lowest BCUT2D eigenvalue weighted by Gasteiger charge is -1.98. The summed E-state index contributed by atoms with van der Waals surface area (Å²) in [5, 5.41) is 16.2. The van der Waals surface area contributed by atoms with Gasteiger partial charge in [-0.25, -0.2) is 0 Å². The molecule has 5 nitrogen and oxygen atoms in total. The number of hydrogen-bond donors (Lipinski definition) is 2. The van der Waals surface area contributed by atoms with E-state index >= 15 is 0 Å². The maximum atomic E-state index is 11.7. The maximum absolute atomic E-state index is 11.7. The summed E-state index contributed by atoms with van der Waals surface area (Å²) in [6, 6.07) is 8.58. The summed E-state index contributed by atoms with van der Waals surface area (Å²) in [7, 11) is 0. The number of carbonyl (C=O) groups is 1. The minimum Gasteiger partial charge on any atom is -0.507 e. The summed E-state index contributed by atoms with van der Waals surface area (Å²) in [6.45, 7) is 0. The number of para-hydroxylation sites is 1. The van der Waals surface area contributed by atoms with Crippen molar-refractivity contribution < 1.29 is 14.4 Å². The molecular formula is C13H12N2O3. The molecule has 0 aliphatic heterocycles. The van der Waals surface area contributed by atoms with Crippen LogP contribution in [0.15, 0.2) is 34.9 Å². The number of benzene rings is 1. The molecule has 1 fully saturated rings. The smallest absolute Gasteiger partial charge is 0.273 e. The molecule has 1 heterocycles. The van der Waals surface area contributed by atoms with E-state index in [2.05, 4.69) is 10.5 Å². The number of nitrogens with one attached hydrogen (secondary N) is 1. The van der Waals surface area contributed by atoms with E-state index in [9.17, 15) is 9.90 Å². The highest BCUT2D eigenvalue weighted by atomic mass is 16.5. The highest BCUT2D eigenvalue weighted by Crippen LogP contribution is 2.29. The first-order valence-electron chi connectivity index (χ1n) is 5.80. The lowest BCUT2D eigenvalue weighted by Crippen LogP contribution is -2.25. The molecular weight excluding hydrogens is 232 g/mol. The van der Waals surface area contributed by atoms with Crippen LogP contribution in [0.5, 0.6) is 5.75 Å². The minimum absolute atomic E-state index is 0.0998. The largest absolute Gasteiger partial charge is 0.507 e. The fourth-order valence-electron chi connectivity index (χ4n) is 1.68. The number of phenols is 1.